The summed E-state index contributed by atoms with van der Waals surface area (Å²) < 4.78 is 0. The highest BCUT2D eigenvalue weighted by Crippen LogP contribution is 2.37. The van der Waals surface area contributed by atoms with Crippen molar-refractivity contribution < 1.29 is 5.11 Å². The molecule has 168 valence electrons. The van der Waals surface area contributed by atoms with Crippen LogP contribution in [0.5, 0.6) is 5.75 Å². The first-order chi connectivity index (χ1) is 13.9. The Morgan fingerprint density at radius 2 is 1.24 bits per heavy atom. The van der Waals surface area contributed by atoms with Crippen LogP contribution < -0.4 is 0 Å². The lowest BCUT2D eigenvalue weighted by Gasteiger charge is -2.22. The summed E-state index contributed by atoms with van der Waals surface area (Å²) in [6, 6.07) is 6.25. The van der Waals surface area contributed by atoms with Gasteiger partial charge in [0.25, 0.3) is 0 Å². The molecule has 2 heteroatoms. The van der Waals surface area contributed by atoms with Crippen LogP contribution in [0.25, 0.3) is 0 Å². The minimum absolute atomic E-state index is 0.0191. The highest BCUT2D eigenvalue weighted by atomic mass is 32.2. The van der Waals surface area contributed by atoms with Crippen molar-refractivity contribution in [2.75, 3.05) is 0 Å². The molecule has 0 aliphatic carbocycles. The van der Waals surface area contributed by atoms with E-state index in [1.165, 1.54) is 94.8 Å². The van der Waals surface area contributed by atoms with Crippen molar-refractivity contribution in [1.82, 2.24) is 0 Å². The van der Waals surface area contributed by atoms with E-state index in [9.17, 15) is 5.11 Å². The normalized spacial score (nSPS) is 12.1. The molecule has 1 rings (SSSR count). The smallest absolute Gasteiger partial charge is 0.119 e. The number of phenols is 1. The number of benzene rings is 1. The summed E-state index contributed by atoms with van der Waals surface area (Å²) in [7, 11) is 0. The van der Waals surface area contributed by atoms with Gasteiger partial charge in [0.1, 0.15) is 5.75 Å². The predicted octanol–water partition coefficient (Wildman–Crippen LogP) is 9.65. The minimum Gasteiger partial charge on any atom is -0.508 e. The van der Waals surface area contributed by atoms with Gasteiger partial charge in [0.05, 0.1) is 0 Å². The van der Waals surface area contributed by atoms with Crippen LogP contribution in [0.1, 0.15) is 130 Å². The molecule has 0 atom stereocenters. The lowest BCUT2D eigenvalue weighted by atomic mass is 9.86. The Kier molecular flexibility index (Phi) is 13.9. The molecule has 0 unspecified atom stereocenters. The van der Waals surface area contributed by atoms with Gasteiger partial charge < -0.3 is 5.11 Å². The average Bonchev–Trinajstić information content (AvgIpc) is 2.67. The molecule has 0 aromatic heterocycles. The molecule has 0 saturated carbocycles. The summed E-state index contributed by atoms with van der Waals surface area (Å²) in [5, 5.41) is 11.0. The zero-order valence-electron chi connectivity index (χ0n) is 20.1. The summed E-state index contributed by atoms with van der Waals surface area (Å²) in [6.07, 6.45) is 19.2. The number of aromatic hydroxyl groups is 1. The quantitative estimate of drug-likeness (QED) is 0.212. The van der Waals surface area contributed by atoms with E-state index in [-0.39, 0.29) is 5.41 Å². The first-order valence-electron chi connectivity index (χ1n) is 12.4. The summed E-state index contributed by atoms with van der Waals surface area (Å²) in [6.45, 7) is 11.1. The Balaban J connectivity index is 2.59. The Bertz CT molecular complexity index is 516. The fourth-order valence-corrected chi connectivity index (χ4v) is 5.23. The van der Waals surface area contributed by atoms with Crippen LogP contribution in [0, 0.1) is 0 Å². The van der Waals surface area contributed by atoms with Crippen LogP contribution in [0.2, 0.25) is 0 Å². The van der Waals surface area contributed by atoms with Crippen molar-refractivity contribution in [2.45, 2.75) is 140 Å². The number of hydrogen-bond acceptors (Lipinski definition) is 2. The van der Waals surface area contributed by atoms with E-state index in [4.69, 9.17) is 0 Å². The summed E-state index contributed by atoms with van der Waals surface area (Å²) in [5.74, 6) is 0.435. The third-order valence-electron chi connectivity index (χ3n) is 5.84. The monoisotopic (exact) mass is 420 g/mol. The molecular formula is C27H48OS. The molecule has 0 amide bonds. The second-order valence-corrected chi connectivity index (χ2v) is 11.2. The number of hydrogen-bond donors (Lipinski definition) is 1. The average molecular weight is 421 g/mol. The molecular weight excluding hydrogens is 372 g/mol. The van der Waals surface area contributed by atoms with E-state index in [0.717, 1.165) is 5.56 Å². The SMILES string of the molecule is CCCCCCCCC(CCCCCCCC)Sc1ccc(O)c(C(C)(C)C)c1. The molecule has 1 nitrogen and oxygen atoms in total. The van der Waals surface area contributed by atoms with Crippen molar-refractivity contribution in [1.29, 1.82) is 0 Å². The van der Waals surface area contributed by atoms with Crippen LogP contribution in [0.3, 0.4) is 0 Å². The predicted molar refractivity (Wildman–Crippen MR) is 132 cm³/mol. The van der Waals surface area contributed by atoms with Gasteiger partial charge in [-0.05, 0) is 36.5 Å². The van der Waals surface area contributed by atoms with Crippen LogP contribution >= 0.6 is 11.8 Å². The van der Waals surface area contributed by atoms with Crippen LogP contribution in [0.15, 0.2) is 23.1 Å². The number of phenolic OH excluding ortho intramolecular Hbond substituents is 1. The highest BCUT2D eigenvalue weighted by Gasteiger charge is 2.19. The number of thioether (sulfide) groups is 1. The van der Waals surface area contributed by atoms with Crippen molar-refractivity contribution in [3.63, 3.8) is 0 Å². The van der Waals surface area contributed by atoms with Crippen molar-refractivity contribution in [2.24, 2.45) is 0 Å². The summed E-state index contributed by atoms with van der Waals surface area (Å²) in [4.78, 5) is 1.33. The third kappa shape index (κ3) is 12.0. The van der Waals surface area contributed by atoms with Gasteiger partial charge in [-0.1, -0.05) is 112 Å². The van der Waals surface area contributed by atoms with Crippen LogP contribution in [-0.4, -0.2) is 10.4 Å². The van der Waals surface area contributed by atoms with Gasteiger partial charge in [-0.2, -0.15) is 0 Å². The molecule has 0 bridgehead atoms. The van der Waals surface area contributed by atoms with Gasteiger partial charge in [-0.15, -0.1) is 11.8 Å². The molecule has 1 aromatic carbocycles. The largest absolute Gasteiger partial charge is 0.508 e. The minimum atomic E-state index is -0.0191. The highest BCUT2D eigenvalue weighted by molar-refractivity contribution is 8.00. The second kappa shape index (κ2) is 15.2. The van der Waals surface area contributed by atoms with Crippen molar-refractivity contribution >= 4 is 11.8 Å². The number of rotatable bonds is 16. The fourth-order valence-electron chi connectivity index (χ4n) is 3.95. The molecule has 0 spiro atoms. The van der Waals surface area contributed by atoms with Crippen LogP contribution in [0.4, 0.5) is 0 Å². The van der Waals surface area contributed by atoms with Crippen LogP contribution in [-0.2, 0) is 5.41 Å². The summed E-state index contributed by atoms with van der Waals surface area (Å²) >= 11 is 2.05. The molecule has 29 heavy (non-hydrogen) atoms. The Morgan fingerprint density at radius 1 is 0.759 bits per heavy atom. The zero-order chi connectivity index (χ0) is 21.5. The first-order valence-corrected chi connectivity index (χ1v) is 13.3. The lowest BCUT2D eigenvalue weighted by molar-refractivity contribution is 0.446. The van der Waals surface area contributed by atoms with Gasteiger partial charge in [0.15, 0.2) is 0 Å². The van der Waals surface area contributed by atoms with Crippen molar-refractivity contribution in [3.8, 4) is 5.75 Å². The molecule has 0 saturated heterocycles. The maximum absolute atomic E-state index is 10.3. The Labute approximate surface area is 186 Å². The van der Waals surface area contributed by atoms with E-state index in [1.807, 2.05) is 6.07 Å². The van der Waals surface area contributed by atoms with Gasteiger partial charge in [-0.3, -0.25) is 0 Å². The van der Waals surface area contributed by atoms with E-state index in [2.05, 4.69) is 58.5 Å². The molecule has 1 aromatic rings. The summed E-state index contributed by atoms with van der Waals surface area (Å²) in [5.41, 5.74) is 1.05. The maximum atomic E-state index is 10.3. The van der Waals surface area contributed by atoms with E-state index < -0.39 is 0 Å². The molecule has 0 radical (unpaired) electrons. The first kappa shape index (κ1) is 26.4. The molecule has 0 aliphatic rings. The standard InChI is InChI=1S/C27H48OS/c1-6-8-10-12-14-16-18-23(19-17-15-13-11-9-7-2)29-24-20-21-26(28)25(22-24)27(3,4)5/h20-23,28H,6-19H2,1-5H3. The number of unbranched alkanes of at least 4 members (excludes halogenated alkanes) is 10. The van der Waals surface area contributed by atoms with Crippen molar-refractivity contribution in [3.05, 3.63) is 23.8 Å². The topological polar surface area (TPSA) is 20.2 Å². The Morgan fingerprint density at radius 3 is 1.72 bits per heavy atom. The maximum Gasteiger partial charge on any atom is 0.119 e. The van der Waals surface area contributed by atoms with E-state index in [1.54, 1.807) is 0 Å². The van der Waals surface area contributed by atoms with E-state index >= 15 is 0 Å². The fraction of sp³-hybridized carbons (Fsp3) is 0.778. The molecule has 0 fully saturated rings. The second-order valence-electron chi connectivity index (χ2n) is 9.78. The lowest BCUT2D eigenvalue weighted by Crippen LogP contribution is -2.11. The van der Waals surface area contributed by atoms with Gasteiger partial charge in [-0.25, -0.2) is 0 Å². The zero-order valence-corrected chi connectivity index (χ0v) is 20.9. The van der Waals surface area contributed by atoms with Gasteiger partial charge >= 0.3 is 0 Å². The Hall–Kier alpha value is -0.630. The molecule has 1 N–H and O–H groups in total. The third-order valence-corrected chi connectivity index (χ3v) is 7.17. The molecule has 0 heterocycles. The molecule has 0 aliphatic heterocycles. The van der Waals surface area contributed by atoms with Gasteiger partial charge in [0.2, 0.25) is 0 Å². The van der Waals surface area contributed by atoms with Gasteiger partial charge in [0, 0.05) is 15.7 Å². The van der Waals surface area contributed by atoms with E-state index in [0.29, 0.717) is 11.0 Å².